The number of hydrogen-bond acceptors (Lipinski definition) is 4. The third-order valence-corrected chi connectivity index (χ3v) is 4.93. The molecule has 0 unspecified atom stereocenters. The van der Waals surface area contributed by atoms with Crippen LogP contribution in [-0.4, -0.2) is 20.3 Å². The van der Waals surface area contributed by atoms with Crippen LogP contribution in [0.4, 0.5) is 5.13 Å². The fraction of sp³-hybridized carbons (Fsp3) is 0.267. The minimum atomic E-state index is -0.198. The molecule has 0 fully saturated rings. The van der Waals surface area contributed by atoms with Crippen LogP contribution in [-0.2, 0) is 0 Å². The number of rotatable bonds is 2. The SMILES string of the molecule is Cc1nc(NC(=O)c2c(C)nc3c(C)cc(Br)cn23)sc1C. The lowest BCUT2D eigenvalue weighted by molar-refractivity contribution is 0.102. The minimum absolute atomic E-state index is 0.198. The van der Waals surface area contributed by atoms with E-state index in [4.69, 9.17) is 0 Å². The second-order valence-electron chi connectivity index (χ2n) is 5.20. The van der Waals surface area contributed by atoms with Crippen molar-refractivity contribution in [3.63, 3.8) is 0 Å². The van der Waals surface area contributed by atoms with Crippen LogP contribution < -0.4 is 5.32 Å². The van der Waals surface area contributed by atoms with Gasteiger partial charge >= 0.3 is 0 Å². The Balaban J connectivity index is 2.05. The van der Waals surface area contributed by atoms with E-state index in [0.717, 1.165) is 26.3 Å². The van der Waals surface area contributed by atoms with Gasteiger partial charge in [0.2, 0.25) is 0 Å². The van der Waals surface area contributed by atoms with E-state index in [-0.39, 0.29) is 5.91 Å². The molecule has 22 heavy (non-hydrogen) atoms. The molecule has 3 aromatic rings. The lowest BCUT2D eigenvalue weighted by Gasteiger charge is -2.05. The van der Waals surface area contributed by atoms with E-state index in [0.29, 0.717) is 16.5 Å². The zero-order chi connectivity index (χ0) is 16.0. The van der Waals surface area contributed by atoms with Gasteiger partial charge in [-0.25, -0.2) is 9.97 Å². The molecular weight excluding hydrogens is 364 g/mol. The molecule has 0 bridgehead atoms. The number of fused-ring (bicyclic) bond motifs is 1. The second kappa shape index (κ2) is 5.48. The molecule has 114 valence electrons. The lowest BCUT2D eigenvalue weighted by Crippen LogP contribution is -2.15. The fourth-order valence-electron chi connectivity index (χ4n) is 2.34. The van der Waals surface area contributed by atoms with Crippen molar-refractivity contribution < 1.29 is 4.79 Å². The lowest BCUT2D eigenvalue weighted by atomic mass is 10.3. The summed E-state index contributed by atoms with van der Waals surface area (Å²) in [6.45, 7) is 7.74. The number of pyridine rings is 1. The number of aromatic nitrogens is 3. The maximum atomic E-state index is 12.6. The van der Waals surface area contributed by atoms with Gasteiger partial charge in [-0.05, 0) is 55.3 Å². The molecule has 3 heterocycles. The number of thiazole rings is 1. The van der Waals surface area contributed by atoms with Crippen molar-refractivity contribution in [1.82, 2.24) is 14.4 Å². The van der Waals surface area contributed by atoms with Gasteiger partial charge in [-0.1, -0.05) is 0 Å². The molecule has 3 rings (SSSR count). The first-order valence-electron chi connectivity index (χ1n) is 6.77. The van der Waals surface area contributed by atoms with Crippen molar-refractivity contribution in [3.8, 4) is 0 Å². The van der Waals surface area contributed by atoms with E-state index in [9.17, 15) is 4.79 Å². The zero-order valence-corrected chi connectivity index (χ0v) is 15.1. The summed E-state index contributed by atoms with van der Waals surface area (Å²) < 4.78 is 2.72. The molecule has 5 nitrogen and oxygen atoms in total. The summed E-state index contributed by atoms with van der Waals surface area (Å²) in [6, 6.07) is 1.98. The van der Waals surface area contributed by atoms with Crippen LogP contribution in [0.15, 0.2) is 16.7 Å². The first-order valence-corrected chi connectivity index (χ1v) is 8.38. The summed E-state index contributed by atoms with van der Waals surface area (Å²) in [7, 11) is 0. The van der Waals surface area contributed by atoms with E-state index in [1.54, 1.807) is 0 Å². The van der Waals surface area contributed by atoms with Crippen molar-refractivity contribution >= 4 is 44.0 Å². The van der Waals surface area contributed by atoms with Crippen molar-refractivity contribution in [2.24, 2.45) is 0 Å². The summed E-state index contributed by atoms with van der Waals surface area (Å²) in [5.74, 6) is -0.198. The van der Waals surface area contributed by atoms with Gasteiger partial charge in [-0.15, -0.1) is 11.3 Å². The Morgan fingerprint density at radius 3 is 2.59 bits per heavy atom. The minimum Gasteiger partial charge on any atom is -0.296 e. The maximum Gasteiger partial charge on any atom is 0.276 e. The highest BCUT2D eigenvalue weighted by Crippen LogP contribution is 2.24. The molecule has 1 N–H and O–H groups in total. The molecule has 3 aromatic heterocycles. The molecule has 0 spiro atoms. The first kappa shape index (κ1) is 15.2. The van der Waals surface area contributed by atoms with Crippen molar-refractivity contribution in [2.45, 2.75) is 27.7 Å². The molecule has 0 atom stereocenters. The van der Waals surface area contributed by atoms with E-state index in [2.05, 4.69) is 31.2 Å². The maximum absolute atomic E-state index is 12.6. The van der Waals surface area contributed by atoms with Crippen molar-refractivity contribution in [3.05, 3.63) is 44.3 Å². The monoisotopic (exact) mass is 378 g/mol. The molecular formula is C15H15BrN4OS. The Labute approximate surface area is 140 Å². The first-order chi connectivity index (χ1) is 10.4. The molecule has 0 aromatic carbocycles. The molecule has 0 aliphatic carbocycles. The second-order valence-corrected chi connectivity index (χ2v) is 7.31. The number of amides is 1. The average Bonchev–Trinajstić information content (AvgIpc) is 2.89. The van der Waals surface area contributed by atoms with E-state index in [1.165, 1.54) is 11.3 Å². The Morgan fingerprint density at radius 1 is 1.23 bits per heavy atom. The van der Waals surface area contributed by atoms with Gasteiger partial charge in [0.1, 0.15) is 11.3 Å². The van der Waals surface area contributed by atoms with Crippen LogP contribution in [0.5, 0.6) is 0 Å². The van der Waals surface area contributed by atoms with Crippen LogP contribution in [0.1, 0.15) is 32.3 Å². The highest BCUT2D eigenvalue weighted by molar-refractivity contribution is 9.10. The van der Waals surface area contributed by atoms with Crippen LogP contribution in [0, 0.1) is 27.7 Å². The van der Waals surface area contributed by atoms with E-state index < -0.39 is 0 Å². The van der Waals surface area contributed by atoms with Crippen LogP contribution in [0.3, 0.4) is 0 Å². The summed E-state index contributed by atoms with van der Waals surface area (Å²) >= 11 is 4.94. The molecule has 0 aliphatic heterocycles. The van der Waals surface area contributed by atoms with E-state index in [1.807, 2.05) is 44.4 Å². The van der Waals surface area contributed by atoms with Crippen LogP contribution in [0.25, 0.3) is 5.65 Å². The Hall–Kier alpha value is -1.73. The number of carbonyl (C=O) groups is 1. The standard InChI is InChI=1S/C15H15BrN4OS/c1-7-5-11(16)6-20-12(9(3)17-13(7)20)14(21)19-15-18-8(2)10(4)22-15/h5-6H,1-4H3,(H,18,19,21). The average molecular weight is 379 g/mol. The Morgan fingerprint density at radius 2 is 1.95 bits per heavy atom. The number of anilines is 1. The Bertz CT molecular complexity index is 877. The third-order valence-electron chi connectivity index (χ3n) is 3.51. The molecule has 0 radical (unpaired) electrons. The van der Waals surface area contributed by atoms with Gasteiger partial charge in [0.15, 0.2) is 5.13 Å². The number of halogens is 1. The predicted molar refractivity (Wildman–Crippen MR) is 91.9 cm³/mol. The largest absolute Gasteiger partial charge is 0.296 e. The zero-order valence-electron chi connectivity index (χ0n) is 12.7. The van der Waals surface area contributed by atoms with Crippen LogP contribution >= 0.6 is 27.3 Å². The van der Waals surface area contributed by atoms with Gasteiger partial charge in [0.25, 0.3) is 5.91 Å². The van der Waals surface area contributed by atoms with Gasteiger partial charge in [-0.3, -0.25) is 14.5 Å². The van der Waals surface area contributed by atoms with Gasteiger partial charge in [0, 0.05) is 15.5 Å². The summed E-state index contributed by atoms with van der Waals surface area (Å²) in [6.07, 6.45) is 1.86. The summed E-state index contributed by atoms with van der Waals surface area (Å²) in [4.78, 5) is 22.6. The highest BCUT2D eigenvalue weighted by atomic mass is 79.9. The third kappa shape index (κ3) is 2.55. The van der Waals surface area contributed by atoms with Crippen molar-refractivity contribution in [2.75, 3.05) is 5.32 Å². The molecule has 0 saturated heterocycles. The fourth-order valence-corrected chi connectivity index (χ4v) is 3.70. The smallest absolute Gasteiger partial charge is 0.276 e. The van der Waals surface area contributed by atoms with Crippen molar-refractivity contribution in [1.29, 1.82) is 0 Å². The molecule has 1 amide bonds. The highest BCUT2D eigenvalue weighted by Gasteiger charge is 2.19. The molecule has 7 heteroatoms. The molecule has 0 aliphatic rings. The molecule has 0 saturated carbocycles. The number of nitrogens with zero attached hydrogens (tertiary/aromatic N) is 3. The van der Waals surface area contributed by atoms with E-state index >= 15 is 0 Å². The normalized spacial score (nSPS) is 11.1. The number of aryl methyl sites for hydroxylation is 4. The van der Waals surface area contributed by atoms with Gasteiger partial charge in [-0.2, -0.15) is 0 Å². The summed E-state index contributed by atoms with van der Waals surface area (Å²) in [5.41, 5.74) is 3.97. The van der Waals surface area contributed by atoms with Gasteiger partial charge in [0.05, 0.1) is 11.4 Å². The topological polar surface area (TPSA) is 59.3 Å². The number of imidazole rings is 1. The van der Waals surface area contributed by atoms with Gasteiger partial charge < -0.3 is 0 Å². The summed E-state index contributed by atoms with van der Waals surface area (Å²) in [5, 5.41) is 3.48. The van der Waals surface area contributed by atoms with Crippen LogP contribution in [0.2, 0.25) is 0 Å². The Kier molecular flexibility index (Phi) is 3.78. The quantitative estimate of drug-likeness (QED) is 0.731. The predicted octanol–water partition coefficient (Wildman–Crippen LogP) is 4.04. The number of carbonyl (C=O) groups excluding carboxylic acids is 1. The number of hydrogen-bond donors (Lipinski definition) is 1. The number of nitrogens with one attached hydrogen (secondary N) is 1.